The molecule has 132 valence electrons. The van der Waals surface area contributed by atoms with E-state index in [2.05, 4.69) is 9.97 Å². The zero-order valence-corrected chi connectivity index (χ0v) is 14.8. The SMILES string of the molecule is Cc1c(C(=O)N2CCC[C@]3(CN(C)C(=O)O3)C2)sc2nc[nH]c(=O)c12. The van der Waals surface area contributed by atoms with Crippen LogP contribution in [0.4, 0.5) is 4.79 Å². The topological polar surface area (TPSA) is 95.6 Å². The van der Waals surface area contributed by atoms with Crippen LogP contribution < -0.4 is 5.56 Å². The second kappa shape index (κ2) is 5.55. The second-order valence-electron chi connectivity index (χ2n) is 6.71. The molecule has 2 aliphatic heterocycles. The highest BCUT2D eigenvalue weighted by atomic mass is 32.1. The lowest BCUT2D eigenvalue weighted by molar-refractivity contribution is -0.00506. The summed E-state index contributed by atoms with van der Waals surface area (Å²) in [6, 6.07) is 0. The third-order valence-corrected chi connectivity index (χ3v) is 6.08. The molecule has 1 spiro atoms. The molecular formula is C16H18N4O4S. The van der Waals surface area contributed by atoms with Gasteiger partial charge in [-0.2, -0.15) is 0 Å². The van der Waals surface area contributed by atoms with E-state index in [1.807, 2.05) is 0 Å². The Morgan fingerprint density at radius 2 is 2.20 bits per heavy atom. The van der Waals surface area contributed by atoms with Gasteiger partial charge in [0.2, 0.25) is 0 Å². The molecule has 2 aromatic rings. The van der Waals surface area contributed by atoms with Crippen molar-refractivity contribution in [2.24, 2.45) is 0 Å². The van der Waals surface area contributed by atoms with Gasteiger partial charge in [-0.3, -0.25) is 9.59 Å². The number of rotatable bonds is 1. The lowest BCUT2D eigenvalue weighted by atomic mass is 9.92. The van der Waals surface area contributed by atoms with Gasteiger partial charge in [0, 0.05) is 13.6 Å². The average molecular weight is 362 g/mol. The van der Waals surface area contributed by atoms with E-state index in [-0.39, 0.29) is 17.6 Å². The first-order valence-corrected chi connectivity index (χ1v) is 8.92. The number of ether oxygens (including phenoxy) is 1. The van der Waals surface area contributed by atoms with Gasteiger partial charge < -0.3 is 19.5 Å². The van der Waals surface area contributed by atoms with Crippen LogP contribution in [0.1, 0.15) is 28.1 Å². The summed E-state index contributed by atoms with van der Waals surface area (Å²) in [5.74, 6) is -0.135. The summed E-state index contributed by atoms with van der Waals surface area (Å²) in [6.45, 7) is 3.24. The smallest absolute Gasteiger partial charge is 0.410 e. The highest BCUT2D eigenvalue weighted by molar-refractivity contribution is 7.20. The van der Waals surface area contributed by atoms with E-state index in [1.165, 1.54) is 17.7 Å². The van der Waals surface area contributed by atoms with Crippen molar-refractivity contribution in [3.05, 3.63) is 27.1 Å². The van der Waals surface area contributed by atoms with Gasteiger partial charge in [-0.15, -0.1) is 11.3 Å². The normalized spacial score (nSPS) is 23.5. The zero-order valence-electron chi connectivity index (χ0n) is 14.0. The molecule has 0 radical (unpaired) electrons. The number of amides is 2. The Hall–Kier alpha value is -2.42. The summed E-state index contributed by atoms with van der Waals surface area (Å²) in [6.07, 6.45) is 2.52. The number of aromatic amines is 1. The molecule has 0 unspecified atom stereocenters. The van der Waals surface area contributed by atoms with Crippen LogP contribution in [-0.2, 0) is 4.74 Å². The van der Waals surface area contributed by atoms with Gasteiger partial charge in [0.15, 0.2) is 0 Å². The predicted octanol–water partition coefficient (Wildman–Crippen LogP) is 1.35. The molecule has 8 nitrogen and oxygen atoms in total. The number of piperidine rings is 1. The number of hydrogen-bond acceptors (Lipinski definition) is 6. The molecule has 1 N–H and O–H groups in total. The molecule has 2 saturated heterocycles. The van der Waals surface area contributed by atoms with Crippen LogP contribution >= 0.6 is 11.3 Å². The molecule has 0 aromatic carbocycles. The fourth-order valence-corrected chi connectivity index (χ4v) is 4.82. The van der Waals surface area contributed by atoms with Gasteiger partial charge in [0.1, 0.15) is 10.4 Å². The standard InChI is InChI=1S/C16H18N4O4S/c1-9-10-12(21)17-8-18-13(10)25-11(9)14(22)20-5-3-4-16(7-20)6-19(2)15(23)24-16/h8H,3-7H2,1-2H3,(H,17,18,21)/t16-/m0/s1. The van der Waals surface area contributed by atoms with Crippen molar-refractivity contribution in [3.63, 3.8) is 0 Å². The number of carbonyl (C=O) groups excluding carboxylic acids is 2. The minimum Gasteiger partial charge on any atom is -0.439 e. The average Bonchev–Trinajstić information content (AvgIpc) is 3.05. The van der Waals surface area contributed by atoms with Gasteiger partial charge in [0.05, 0.1) is 29.7 Å². The number of likely N-dealkylation sites (tertiary alicyclic amines) is 1. The Kier molecular flexibility index (Phi) is 3.57. The molecule has 9 heteroatoms. The summed E-state index contributed by atoms with van der Waals surface area (Å²) < 4.78 is 5.56. The summed E-state index contributed by atoms with van der Waals surface area (Å²) in [5.41, 5.74) is -0.209. The minimum absolute atomic E-state index is 0.135. The van der Waals surface area contributed by atoms with Crippen LogP contribution in [0, 0.1) is 6.92 Å². The Balaban J connectivity index is 1.65. The number of aryl methyl sites for hydroxylation is 1. The molecule has 0 aliphatic carbocycles. The van der Waals surface area contributed by atoms with Crippen molar-refractivity contribution in [1.29, 1.82) is 0 Å². The predicted molar refractivity (Wildman–Crippen MR) is 92.0 cm³/mol. The molecular weight excluding hydrogens is 344 g/mol. The molecule has 0 bridgehead atoms. The van der Waals surface area contributed by atoms with Crippen LogP contribution in [0.2, 0.25) is 0 Å². The van der Waals surface area contributed by atoms with Gasteiger partial charge in [-0.05, 0) is 25.3 Å². The number of hydrogen-bond donors (Lipinski definition) is 1. The summed E-state index contributed by atoms with van der Waals surface area (Å²) >= 11 is 1.23. The molecule has 2 aliphatic rings. The first-order valence-electron chi connectivity index (χ1n) is 8.10. The highest BCUT2D eigenvalue weighted by Crippen LogP contribution is 2.34. The van der Waals surface area contributed by atoms with Crippen molar-refractivity contribution < 1.29 is 14.3 Å². The highest BCUT2D eigenvalue weighted by Gasteiger charge is 2.47. The van der Waals surface area contributed by atoms with Gasteiger partial charge >= 0.3 is 6.09 Å². The molecule has 1 atom stereocenters. The Bertz CT molecular complexity index is 936. The van der Waals surface area contributed by atoms with E-state index in [0.29, 0.717) is 40.3 Å². The van der Waals surface area contributed by atoms with E-state index < -0.39 is 5.60 Å². The Morgan fingerprint density at radius 1 is 1.40 bits per heavy atom. The maximum absolute atomic E-state index is 13.0. The third kappa shape index (κ3) is 2.50. The number of fused-ring (bicyclic) bond motifs is 1. The number of likely N-dealkylation sites (N-methyl/N-ethyl adjacent to an activating group) is 1. The lowest BCUT2D eigenvalue weighted by Gasteiger charge is -2.38. The summed E-state index contributed by atoms with van der Waals surface area (Å²) in [4.78, 5) is 47.9. The Labute approximate surface area is 147 Å². The van der Waals surface area contributed by atoms with Crippen molar-refractivity contribution >= 4 is 33.6 Å². The van der Waals surface area contributed by atoms with E-state index in [0.717, 1.165) is 12.8 Å². The molecule has 2 amide bonds. The monoisotopic (exact) mass is 362 g/mol. The lowest BCUT2D eigenvalue weighted by Crippen LogP contribution is -2.52. The number of nitrogens with one attached hydrogen (secondary N) is 1. The van der Waals surface area contributed by atoms with E-state index in [1.54, 1.807) is 23.8 Å². The molecule has 0 saturated carbocycles. The number of thiophene rings is 1. The quantitative estimate of drug-likeness (QED) is 0.826. The van der Waals surface area contributed by atoms with Crippen LogP contribution in [0.5, 0.6) is 0 Å². The van der Waals surface area contributed by atoms with Crippen molar-refractivity contribution in [1.82, 2.24) is 19.8 Å². The minimum atomic E-state index is -0.625. The van der Waals surface area contributed by atoms with Crippen molar-refractivity contribution in [2.45, 2.75) is 25.4 Å². The molecule has 25 heavy (non-hydrogen) atoms. The first kappa shape index (κ1) is 16.1. The van der Waals surface area contributed by atoms with E-state index >= 15 is 0 Å². The number of aromatic nitrogens is 2. The van der Waals surface area contributed by atoms with E-state index in [9.17, 15) is 14.4 Å². The number of H-pyrrole nitrogens is 1. The fraction of sp³-hybridized carbons (Fsp3) is 0.500. The largest absolute Gasteiger partial charge is 0.439 e. The van der Waals surface area contributed by atoms with Crippen molar-refractivity contribution in [3.8, 4) is 0 Å². The van der Waals surface area contributed by atoms with Gasteiger partial charge in [-0.1, -0.05) is 0 Å². The number of carbonyl (C=O) groups is 2. The molecule has 2 fully saturated rings. The number of nitrogens with zero attached hydrogens (tertiary/aromatic N) is 3. The van der Waals surface area contributed by atoms with Crippen LogP contribution in [0.15, 0.2) is 11.1 Å². The second-order valence-corrected chi connectivity index (χ2v) is 7.70. The molecule has 4 rings (SSSR count). The molecule has 2 aromatic heterocycles. The third-order valence-electron chi connectivity index (χ3n) is 4.89. The van der Waals surface area contributed by atoms with Crippen molar-refractivity contribution in [2.75, 3.05) is 26.7 Å². The Morgan fingerprint density at radius 3 is 2.88 bits per heavy atom. The molecule has 4 heterocycles. The van der Waals surface area contributed by atoms with Crippen LogP contribution in [-0.4, -0.2) is 64.1 Å². The summed E-state index contributed by atoms with van der Waals surface area (Å²) in [7, 11) is 1.70. The van der Waals surface area contributed by atoms with Gasteiger partial charge in [0.25, 0.3) is 11.5 Å². The van der Waals surface area contributed by atoms with Crippen LogP contribution in [0.3, 0.4) is 0 Å². The first-order chi connectivity index (χ1) is 11.9. The maximum atomic E-state index is 13.0. The summed E-state index contributed by atoms with van der Waals surface area (Å²) in [5, 5.41) is 0.467. The van der Waals surface area contributed by atoms with Crippen LogP contribution in [0.25, 0.3) is 10.2 Å². The van der Waals surface area contributed by atoms with Gasteiger partial charge in [-0.25, -0.2) is 9.78 Å². The van der Waals surface area contributed by atoms with E-state index in [4.69, 9.17) is 4.74 Å². The fourth-order valence-electron chi connectivity index (χ4n) is 3.70. The maximum Gasteiger partial charge on any atom is 0.410 e. The zero-order chi connectivity index (χ0) is 17.8.